The van der Waals surface area contributed by atoms with E-state index in [0.29, 0.717) is 24.7 Å². The summed E-state index contributed by atoms with van der Waals surface area (Å²) >= 11 is 1.67. The monoisotopic (exact) mass is 430 g/mol. The maximum absolute atomic E-state index is 12.6. The summed E-state index contributed by atoms with van der Waals surface area (Å²) in [5.41, 5.74) is 4.93. The van der Waals surface area contributed by atoms with Crippen molar-refractivity contribution in [1.82, 2.24) is 15.1 Å². The molecule has 2 aromatic carbocycles. The third-order valence-electron chi connectivity index (χ3n) is 5.53. The standard InChI is InChI=1S/C24H22N4O2S/c1-3-21-25-20(14-31-21)16-5-4-6-17(11-16)23-26-24(30-27-23)18-12-22(29)28(13-18)19-9-7-15(2)8-10-19/h4-11,14,18H,3,12-13H2,1-2H3/t18-/m1/s1. The highest BCUT2D eigenvalue weighted by Gasteiger charge is 2.35. The minimum atomic E-state index is -0.108. The fourth-order valence-electron chi connectivity index (χ4n) is 3.79. The summed E-state index contributed by atoms with van der Waals surface area (Å²) in [6.07, 6.45) is 1.30. The Kier molecular flexibility index (Phi) is 5.11. The average molecular weight is 431 g/mol. The van der Waals surface area contributed by atoms with Gasteiger partial charge in [0.05, 0.1) is 16.6 Å². The second-order valence-corrected chi connectivity index (χ2v) is 8.70. The Morgan fingerprint density at radius 2 is 1.94 bits per heavy atom. The molecule has 0 spiro atoms. The van der Waals surface area contributed by atoms with E-state index in [9.17, 15) is 4.79 Å². The van der Waals surface area contributed by atoms with Crippen molar-refractivity contribution in [3.05, 3.63) is 70.4 Å². The van der Waals surface area contributed by atoms with Gasteiger partial charge in [0.25, 0.3) is 0 Å². The number of carbonyl (C=O) groups is 1. The van der Waals surface area contributed by atoms with E-state index in [-0.39, 0.29) is 11.8 Å². The first kappa shape index (κ1) is 19.6. The van der Waals surface area contributed by atoms with Crippen molar-refractivity contribution in [2.45, 2.75) is 32.6 Å². The number of anilines is 1. The number of rotatable bonds is 5. The van der Waals surface area contributed by atoms with E-state index in [4.69, 9.17) is 4.52 Å². The molecule has 5 rings (SSSR count). The summed E-state index contributed by atoms with van der Waals surface area (Å²) in [5.74, 6) is 1.00. The first-order valence-corrected chi connectivity index (χ1v) is 11.2. The highest BCUT2D eigenvalue weighted by molar-refractivity contribution is 7.09. The summed E-state index contributed by atoms with van der Waals surface area (Å²) in [6.45, 7) is 4.68. The van der Waals surface area contributed by atoms with E-state index >= 15 is 0 Å². The predicted molar refractivity (Wildman–Crippen MR) is 121 cm³/mol. The molecule has 0 radical (unpaired) electrons. The lowest BCUT2D eigenvalue weighted by Crippen LogP contribution is -2.24. The lowest BCUT2D eigenvalue weighted by molar-refractivity contribution is -0.117. The van der Waals surface area contributed by atoms with Crippen LogP contribution in [0.15, 0.2) is 58.4 Å². The fraction of sp³-hybridized carbons (Fsp3) is 0.250. The summed E-state index contributed by atoms with van der Waals surface area (Å²) < 4.78 is 5.57. The second kappa shape index (κ2) is 8.07. The largest absolute Gasteiger partial charge is 0.339 e. The third-order valence-corrected chi connectivity index (χ3v) is 6.53. The zero-order valence-electron chi connectivity index (χ0n) is 17.4. The van der Waals surface area contributed by atoms with Gasteiger partial charge in [0.15, 0.2) is 0 Å². The van der Waals surface area contributed by atoms with Crippen molar-refractivity contribution in [1.29, 1.82) is 0 Å². The van der Waals surface area contributed by atoms with Gasteiger partial charge in [0, 0.05) is 35.2 Å². The molecule has 2 aromatic heterocycles. The van der Waals surface area contributed by atoms with Crippen LogP contribution in [0.1, 0.15) is 35.7 Å². The number of hydrogen-bond donors (Lipinski definition) is 0. The number of carbonyl (C=O) groups excluding carboxylic acids is 1. The zero-order valence-corrected chi connectivity index (χ0v) is 18.2. The van der Waals surface area contributed by atoms with Gasteiger partial charge in [-0.2, -0.15) is 4.98 Å². The Bertz CT molecular complexity index is 1230. The van der Waals surface area contributed by atoms with E-state index < -0.39 is 0 Å². The third kappa shape index (κ3) is 3.88. The summed E-state index contributed by atoms with van der Waals surface area (Å²) in [5, 5.41) is 7.38. The molecule has 31 heavy (non-hydrogen) atoms. The quantitative estimate of drug-likeness (QED) is 0.432. The van der Waals surface area contributed by atoms with Crippen LogP contribution in [0.3, 0.4) is 0 Å². The number of nitrogens with zero attached hydrogens (tertiary/aromatic N) is 4. The molecule has 7 heteroatoms. The Labute approximate surface area is 184 Å². The predicted octanol–water partition coefficient (Wildman–Crippen LogP) is 5.25. The molecule has 1 aliphatic rings. The van der Waals surface area contributed by atoms with Gasteiger partial charge in [-0.1, -0.05) is 48.0 Å². The van der Waals surface area contributed by atoms with Crippen LogP contribution < -0.4 is 4.90 Å². The van der Waals surface area contributed by atoms with Crippen LogP contribution in [0.5, 0.6) is 0 Å². The number of thiazole rings is 1. The minimum absolute atomic E-state index is 0.0749. The van der Waals surface area contributed by atoms with E-state index in [1.165, 1.54) is 5.56 Å². The number of aromatic nitrogens is 3. The summed E-state index contributed by atoms with van der Waals surface area (Å²) in [7, 11) is 0. The maximum Gasteiger partial charge on any atom is 0.232 e. The molecule has 4 aromatic rings. The fourth-order valence-corrected chi connectivity index (χ4v) is 4.54. The lowest BCUT2D eigenvalue weighted by atomic mass is 10.1. The first-order chi connectivity index (χ1) is 15.1. The number of amides is 1. The average Bonchev–Trinajstić information content (AvgIpc) is 3.54. The molecule has 0 aliphatic carbocycles. The summed E-state index contributed by atoms with van der Waals surface area (Å²) in [6, 6.07) is 16.0. The maximum atomic E-state index is 12.6. The topological polar surface area (TPSA) is 72.1 Å². The SMILES string of the molecule is CCc1nc(-c2cccc(-c3noc([C@@H]4CC(=O)N(c5ccc(C)cc5)C4)n3)c2)cs1. The van der Waals surface area contributed by atoms with Crippen molar-refractivity contribution in [2.24, 2.45) is 0 Å². The Morgan fingerprint density at radius 1 is 1.13 bits per heavy atom. The molecule has 1 amide bonds. The molecule has 0 saturated carbocycles. The molecule has 1 saturated heterocycles. The van der Waals surface area contributed by atoms with Gasteiger partial charge in [-0.15, -0.1) is 11.3 Å². The Hall–Kier alpha value is -3.32. The van der Waals surface area contributed by atoms with Crippen molar-refractivity contribution in [3.63, 3.8) is 0 Å². The highest BCUT2D eigenvalue weighted by Crippen LogP contribution is 2.33. The molecule has 1 aliphatic heterocycles. The van der Waals surface area contributed by atoms with Gasteiger partial charge < -0.3 is 9.42 Å². The molecule has 0 unspecified atom stereocenters. The van der Waals surface area contributed by atoms with Gasteiger partial charge >= 0.3 is 0 Å². The molecule has 0 bridgehead atoms. The van der Waals surface area contributed by atoms with Crippen LogP contribution in [-0.2, 0) is 11.2 Å². The van der Waals surface area contributed by atoms with Crippen LogP contribution in [0.4, 0.5) is 5.69 Å². The number of hydrogen-bond acceptors (Lipinski definition) is 6. The zero-order chi connectivity index (χ0) is 21.4. The summed E-state index contributed by atoms with van der Waals surface area (Å²) in [4.78, 5) is 23.7. The molecule has 156 valence electrons. The van der Waals surface area contributed by atoms with Crippen LogP contribution in [0.2, 0.25) is 0 Å². The van der Waals surface area contributed by atoms with Crippen LogP contribution >= 0.6 is 11.3 Å². The highest BCUT2D eigenvalue weighted by atomic mass is 32.1. The van der Waals surface area contributed by atoms with E-state index in [0.717, 1.165) is 33.9 Å². The number of aryl methyl sites for hydroxylation is 2. The van der Waals surface area contributed by atoms with Crippen molar-refractivity contribution >= 4 is 22.9 Å². The molecule has 6 nitrogen and oxygen atoms in total. The van der Waals surface area contributed by atoms with Crippen LogP contribution in [0, 0.1) is 6.92 Å². The van der Waals surface area contributed by atoms with Crippen molar-refractivity contribution in [2.75, 3.05) is 11.4 Å². The van der Waals surface area contributed by atoms with E-state index in [2.05, 4.69) is 27.4 Å². The Morgan fingerprint density at radius 3 is 2.71 bits per heavy atom. The van der Waals surface area contributed by atoms with Gasteiger partial charge in [-0.25, -0.2) is 4.98 Å². The molecular weight excluding hydrogens is 408 g/mol. The van der Waals surface area contributed by atoms with Gasteiger partial charge in [0.2, 0.25) is 17.6 Å². The lowest BCUT2D eigenvalue weighted by Gasteiger charge is -2.16. The molecule has 0 N–H and O–H groups in total. The smallest absolute Gasteiger partial charge is 0.232 e. The van der Waals surface area contributed by atoms with Crippen LogP contribution in [0.25, 0.3) is 22.6 Å². The van der Waals surface area contributed by atoms with Gasteiger partial charge in [-0.05, 0) is 31.5 Å². The molecule has 3 heterocycles. The van der Waals surface area contributed by atoms with Crippen LogP contribution in [-0.4, -0.2) is 27.6 Å². The molecule has 1 atom stereocenters. The van der Waals surface area contributed by atoms with Crippen molar-refractivity contribution in [3.8, 4) is 22.6 Å². The molecule has 1 fully saturated rings. The second-order valence-electron chi connectivity index (χ2n) is 7.76. The van der Waals surface area contributed by atoms with Crippen molar-refractivity contribution < 1.29 is 9.32 Å². The van der Waals surface area contributed by atoms with Gasteiger partial charge in [0.1, 0.15) is 0 Å². The number of benzene rings is 2. The first-order valence-electron chi connectivity index (χ1n) is 10.4. The van der Waals surface area contributed by atoms with E-state index in [1.54, 1.807) is 16.2 Å². The van der Waals surface area contributed by atoms with Gasteiger partial charge in [-0.3, -0.25) is 4.79 Å². The Balaban J connectivity index is 1.36. The molecular formula is C24H22N4O2S. The minimum Gasteiger partial charge on any atom is -0.339 e. The normalized spacial score (nSPS) is 16.3. The van der Waals surface area contributed by atoms with E-state index in [1.807, 2.05) is 55.5 Å².